The van der Waals surface area contributed by atoms with E-state index in [0.29, 0.717) is 5.82 Å². The summed E-state index contributed by atoms with van der Waals surface area (Å²) in [6, 6.07) is 3.90. The van der Waals surface area contributed by atoms with Gasteiger partial charge in [0.2, 0.25) is 5.91 Å². The lowest BCUT2D eigenvalue weighted by Gasteiger charge is -2.32. The summed E-state index contributed by atoms with van der Waals surface area (Å²) in [5.41, 5.74) is 0.836. The molecule has 0 spiro atoms. The van der Waals surface area contributed by atoms with E-state index in [4.69, 9.17) is 9.31 Å². The summed E-state index contributed by atoms with van der Waals surface area (Å²) in [5, 5.41) is 3.93. The Bertz CT molecular complexity index is 866. The van der Waals surface area contributed by atoms with E-state index in [2.05, 4.69) is 31.5 Å². The Morgan fingerprint density at radius 2 is 2.00 bits per heavy atom. The second kappa shape index (κ2) is 6.39. The third-order valence-electron chi connectivity index (χ3n) is 5.44. The number of fused-ring (bicyclic) bond motifs is 1. The van der Waals surface area contributed by atoms with Crippen molar-refractivity contribution >= 4 is 65.7 Å². The van der Waals surface area contributed by atoms with Crippen molar-refractivity contribution < 1.29 is 14.1 Å². The Hall–Kier alpha value is -0.775. The highest BCUT2D eigenvalue weighted by molar-refractivity contribution is 14.2. The quantitative estimate of drug-likeness (QED) is 0.531. The Morgan fingerprint density at radius 3 is 2.58 bits per heavy atom. The molecule has 0 aromatic carbocycles. The number of pyridine rings is 1. The Balaban J connectivity index is 1.77. The molecule has 3 heterocycles. The van der Waals surface area contributed by atoms with Crippen molar-refractivity contribution in [3.8, 4) is 0 Å². The maximum Gasteiger partial charge on any atom is 0.495 e. The number of halogens is 1. The standard InChI is InChI=1S/C17H21BIN3O3S/c1-16(2)17(3,4)25-18(24-16)12-9-13(21-15(23)10-5-6-10)20-14-11(12)7-8-22(14)26-19/h7-10H,5-6H2,1-4H3,(H,20,21,23). The van der Waals surface area contributed by atoms with Crippen LogP contribution in [0.2, 0.25) is 0 Å². The molecule has 2 aliphatic rings. The second-order valence-electron chi connectivity index (χ2n) is 7.90. The summed E-state index contributed by atoms with van der Waals surface area (Å²) in [7, 11) is 1.03. The summed E-state index contributed by atoms with van der Waals surface area (Å²) >= 11 is 2.22. The zero-order valence-corrected chi connectivity index (χ0v) is 18.2. The van der Waals surface area contributed by atoms with Crippen molar-refractivity contribution in [1.82, 2.24) is 8.96 Å². The molecule has 1 saturated carbocycles. The maximum atomic E-state index is 12.2. The molecule has 138 valence electrons. The average Bonchev–Trinajstić information content (AvgIpc) is 3.29. The zero-order valence-electron chi connectivity index (χ0n) is 15.2. The smallest absolute Gasteiger partial charge is 0.399 e. The van der Waals surface area contributed by atoms with Gasteiger partial charge in [-0.25, -0.2) is 4.98 Å². The van der Waals surface area contributed by atoms with Crippen molar-refractivity contribution in [2.24, 2.45) is 5.92 Å². The van der Waals surface area contributed by atoms with Crippen LogP contribution in [0.25, 0.3) is 11.0 Å². The van der Waals surface area contributed by atoms with E-state index >= 15 is 0 Å². The van der Waals surface area contributed by atoms with Crippen LogP contribution in [0.4, 0.5) is 5.82 Å². The van der Waals surface area contributed by atoms with Gasteiger partial charge < -0.3 is 14.6 Å². The van der Waals surface area contributed by atoms with Crippen LogP contribution >= 0.6 is 30.3 Å². The number of hydrogen-bond donors (Lipinski definition) is 1. The molecule has 1 amide bonds. The number of nitrogens with one attached hydrogen (secondary N) is 1. The Labute approximate surface area is 169 Å². The molecule has 2 fully saturated rings. The number of carbonyl (C=O) groups excluding carboxylic acids is 1. The molecule has 26 heavy (non-hydrogen) atoms. The monoisotopic (exact) mass is 485 g/mol. The SMILES string of the molecule is CC1(C)OB(c2cc(NC(=O)C3CC3)nc3c2ccn3SI)OC1(C)C. The molecule has 1 aliphatic heterocycles. The van der Waals surface area contributed by atoms with E-state index in [1.807, 2.05) is 50.0 Å². The van der Waals surface area contributed by atoms with Crippen LogP contribution in [0.15, 0.2) is 18.3 Å². The summed E-state index contributed by atoms with van der Waals surface area (Å²) in [5.74, 6) is 0.708. The number of hydrogen-bond acceptors (Lipinski definition) is 5. The van der Waals surface area contributed by atoms with Crippen molar-refractivity contribution in [1.29, 1.82) is 0 Å². The molecule has 0 radical (unpaired) electrons. The summed E-state index contributed by atoms with van der Waals surface area (Å²) < 4.78 is 14.5. The van der Waals surface area contributed by atoms with E-state index in [1.165, 1.54) is 9.12 Å². The molecule has 6 nitrogen and oxygen atoms in total. The maximum absolute atomic E-state index is 12.2. The van der Waals surface area contributed by atoms with Gasteiger partial charge in [0.25, 0.3) is 0 Å². The lowest BCUT2D eigenvalue weighted by molar-refractivity contribution is -0.117. The highest BCUT2D eigenvalue weighted by atomic mass is 127. The molecule has 4 rings (SSSR count). The van der Waals surface area contributed by atoms with E-state index in [9.17, 15) is 4.79 Å². The van der Waals surface area contributed by atoms with Crippen LogP contribution in [0.1, 0.15) is 40.5 Å². The van der Waals surface area contributed by atoms with Gasteiger partial charge in [0, 0.05) is 47.8 Å². The lowest BCUT2D eigenvalue weighted by atomic mass is 9.77. The van der Waals surface area contributed by atoms with Gasteiger partial charge in [0.1, 0.15) is 5.82 Å². The van der Waals surface area contributed by atoms with E-state index < -0.39 is 18.3 Å². The first-order chi connectivity index (χ1) is 12.2. The Morgan fingerprint density at radius 1 is 1.35 bits per heavy atom. The van der Waals surface area contributed by atoms with Gasteiger partial charge in [0.15, 0.2) is 5.65 Å². The normalized spacial score (nSPS) is 21.3. The highest BCUT2D eigenvalue weighted by Crippen LogP contribution is 2.37. The first kappa shape index (κ1) is 18.6. The third-order valence-corrected chi connectivity index (χ3v) is 7.15. The van der Waals surface area contributed by atoms with Crippen LogP contribution in [-0.4, -0.2) is 33.2 Å². The van der Waals surface area contributed by atoms with Crippen molar-refractivity contribution in [2.45, 2.75) is 51.7 Å². The average molecular weight is 485 g/mol. The molecular weight excluding hydrogens is 464 g/mol. The fraction of sp³-hybridized carbons (Fsp3) is 0.529. The molecule has 0 bridgehead atoms. The number of amides is 1. The number of carbonyl (C=O) groups is 1. The van der Waals surface area contributed by atoms with Gasteiger partial charge in [-0.2, -0.15) is 0 Å². The topological polar surface area (TPSA) is 65.4 Å². The van der Waals surface area contributed by atoms with E-state index in [1.54, 1.807) is 0 Å². The fourth-order valence-corrected chi connectivity index (χ4v) is 4.24. The minimum absolute atomic E-state index is 0.0388. The molecule has 1 saturated heterocycles. The van der Waals surface area contributed by atoms with Crippen molar-refractivity contribution in [3.05, 3.63) is 18.3 Å². The van der Waals surface area contributed by atoms with Crippen LogP contribution in [-0.2, 0) is 14.1 Å². The van der Waals surface area contributed by atoms with Gasteiger partial charge in [-0.3, -0.25) is 8.77 Å². The summed E-state index contributed by atoms with van der Waals surface area (Å²) in [6.45, 7) is 8.14. The molecule has 1 aliphatic carbocycles. The van der Waals surface area contributed by atoms with Gasteiger partial charge in [0.05, 0.1) is 11.2 Å². The first-order valence-corrected chi connectivity index (χ1v) is 12.0. The largest absolute Gasteiger partial charge is 0.495 e. The molecule has 1 N–H and O–H groups in total. The molecule has 9 heteroatoms. The predicted octanol–water partition coefficient (Wildman–Crippen LogP) is 3.53. The molecular formula is C17H21BIN3O3S. The van der Waals surface area contributed by atoms with Crippen LogP contribution < -0.4 is 10.8 Å². The Kier molecular flexibility index (Phi) is 4.57. The number of aromatic nitrogens is 2. The predicted molar refractivity (Wildman–Crippen MR) is 114 cm³/mol. The minimum atomic E-state index is -0.503. The van der Waals surface area contributed by atoms with Crippen molar-refractivity contribution in [3.63, 3.8) is 0 Å². The van der Waals surface area contributed by atoms with Gasteiger partial charge >= 0.3 is 7.12 Å². The molecule has 2 aromatic rings. The highest BCUT2D eigenvalue weighted by Gasteiger charge is 2.52. The summed E-state index contributed by atoms with van der Waals surface area (Å²) in [6.07, 6.45) is 3.88. The summed E-state index contributed by atoms with van der Waals surface area (Å²) in [4.78, 5) is 16.9. The van der Waals surface area contributed by atoms with Crippen LogP contribution in [0.3, 0.4) is 0 Å². The van der Waals surface area contributed by atoms with Gasteiger partial charge in [-0.15, -0.1) is 0 Å². The fourth-order valence-electron chi connectivity index (χ4n) is 2.97. The minimum Gasteiger partial charge on any atom is -0.399 e. The zero-order chi connectivity index (χ0) is 18.7. The van der Waals surface area contributed by atoms with Gasteiger partial charge in [-0.1, -0.05) is 0 Å². The number of anilines is 1. The lowest BCUT2D eigenvalue weighted by Crippen LogP contribution is -2.41. The molecule has 0 atom stereocenters. The van der Waals surface area contributed by atoms with Crippen LogP contribution in [0.5, 0.6) is 0 Å². The van der Waals surface area contributed by atoms with Gasteiger partial charge in [-0.05, 0) is 58.1 Å². The van der Waals surface area contributed by atoms with E-state index in [-0.39, 0.29) is 11.8 Å². The third kappa shape index (κ3) is 3.16. The van der Waals surface area contributed by atoms with Crippen molar-refractivity contribution in [2.75, 3.05) is 5.32 Å². The van der Waals surface area contributed by atoms with Crippen LogP contribution in [0, 0.1) is 5.92 Å². The number of nitrogens with zero attached hydrogens (tertiary/aromatic N) is 2. The molecule has 2 aromatic heterocycles. The first-order valence-electron chi connectivity index (χ1n) is 8.69. The molecule has 0 unspecified atom stereocenters. The number of rotatable bonds is 4. The second-order valence-corrected chi connectivity index (χ2v) is 9.61. The van der Waals surface area contributed by atoms with E-state index in [0.717, 1.165) is 29.3 Å².